The zero-order valence-corrected chi connectivity index (χ0v) is 64.0. The number of thiazole rings is 2. The maximum Gasteiger partial charge on any atom is 0.408 e. The quantitative estimate of drug-likeness (QED) is 0.0107. The van der Waals surface area contributed by atoms with Crippen LogP contribution in [0.15, 0.2) is 58.6 Å². The molecule has 1 aliphatic heterocycles. The van der Waals surface area contributed by atoms with Gasteiger partial charge >= 0.3 is 24.0 Å². The monoisotopic (exact) mass is 1440 g/mol. The van der Waals surface area contributed by atoms with Gasteiger partial charge in [0.25, 0.3) is 23.6 Å². The third-order valence-corrected chi connectivity index (χ3v) is 19.7. The smallest absolute Gasteiger partial charge is 0.408 e. The Labute approximate surface area is 592 Å². The number of aromatic nitrogens is 2. The Morgan fingerprint density at radius 2 is 1.46 bits per heavy atom. The molecule has 3 heterocycles. The minimum absolute atomic E-state index is 0.0142. The molecule has 97 heavy (non-hydrogen) atoms. The van der Waals surface area contributed by atoms with Crippen LogP contribution < -0.4 is 26.6 Å². The standard InChI is InChI=1S/C39H64N4O9S2Si.C30H44N4O6S2/c1-11-13-14-15-16-20-33(45)53-22-18-17-19-28(24-32(44)50-21-23-55(8,9)10)51-37(48)34(27(3)4)43-35(46)29(12-2)42-36(47)30-26-54-31(41-30)25-40-38(49)52-39(5,6)7;1-6-8-9-10-11-15-26(36)41-16-13-12-14-21-17-24(35)31-18-25-32-23(19-42-25)28(37)33-22(7-2)29(38)34(5)27(20(3)4)30(39)40-21/h12,17,19,26-28,34H,11,13-16,18,20-25H2,1-10H3,(H,40,49)(H,42,47)(H,43,46);7,12,14,19-21,27H,6,8-11,13,15-18H2,1-5H3,(H,31,35)(H,33,37)/b19-17+,29-12-;14-12+,22-7-/t28-,34+;21-,27+/m11/s1. The summed E-state index contributed by atoms with van der Waals surface area (Å²) in [6.45, 7) is 26.7. The van der Waals surface area contributed by atoms with Gasteiger partial charge in [0, 0.05) is 50.2 Å². The number of thioether (sulfide) groups is 2. The fourth-order valence-electron chi connectivity index (χ4n) is 8.98. The molecule has 542 valence electrons. The topological polar surface area (TPSA) is 314 Å². The molecule has 3 rings (SSSR count). The van der Waals surface area contributed by atoms with Crippen LogP contribution >= 0.6 is 46.2 Å². The van der Waals surface area contributed by atoms with Crippen molar-refractivity contribution >= 4 is 118 Å². The molecule has 0 radical (unpaired) electrons. The van der Waals surface area contributed by atoms with Crippen LogP contribution in [0.5, 0.6) is 0 Å². The lowest BCUT2D eigenvalue weighted by molar-refractivity contribution is -0.159. The fraction of sp³-hybridized carbons (Fsp3) is 0.638. The van der Waals surface area contributed by atoms with E-state index in [1.807, 2.05) is 6.08 Å². The molecule has 0 fully saturated rings. The van der Waals surface area contributed by atoms with Crippen molar-refractivity contribution in [3.63, 3.8) is 0 Å². The van der Waals surface area contributed by atoms with E-state index in [-0.39, 0.29) is 77.4 Å². The molecule has 28 heteroatoms. The van der Waals surface area contributed by atoms with Crippen molar-refractivity contribution in [3.05, 3.63) is 80.0 Å². The van der Waals surface area contributed by atoms with E-state index in [0.717, 1.165) is 62.3 Å². The molecule has 0 spiro atoms. The first-order valence-corrected chi connectivity index (χ1v) is 41.1. The van der Waals surface area contributed by atoms with Gasteiger partial charge in [0.15, 0.2) is 10.2 Å². The second kappa shape index (κ2) is 46.7. The Hall–Kier alpha value is -6.49. The van der Waals surface area contributed by atoms with E-state index < -0.39 is 91.5 Å². The van der Waals surface area contributed by atoms with Gasteiger partial charge in [0.2, 0.25) is 5.91 Å². The van der Waals surface area contributed by atoms with Crippen LogP contribution in [0.1, 0.15) is 210 Å². The van der Waals surface area contributed by atoms with Crippen molar-refractivity contribution in [2.24, 2.45) is 11.8 Å². The maximum atomic E-state index is 13.5. The van der Waals surface area contributed by atoms with Gasteiger partial charge in [-0.1, -0.05) is 160 Å². The van der Waals surface area contributed by atoms with Gasteiger partial charge in [-0.2, -0.15) is 0 Å². The maximum absolute atomic E-state index is 13.5. The number of unbranched alkanes of at least 4 members (excludes halogenated alkanes) is 8. The van der Waals surface area contributed by atoms with Gasteiger partial charge in [0.05, 0.1) is 32.5 Å². The lowest BCUT2D eigenvalue weighted by atomic mass is 10.0. The minimum Gasteiger partial charge on any atom is -0.466 e. The normalized spacial score (nSPS) is 16.3. The number of hydrogen-bond acceptors (Lipinski definition) is 21. The summed E-state index contributed by atoms with van der Waals surface area (Å²) in [6, 6.07) is -1.29. The number of fused-ring (bicyclic) bond motifs is 2. The number of carbonyl (C=O) groups is 11. The van der Waals surface area contributed by atoms with Crippen LogP contribution in [-0.4, -0.2) is 142 Å². The number of carbonyl (C=O) groups excluding carboxylic acids is 11. The number of amides is 6. The van der Waals surface area contributed by atoms with Crippen LogP contribution in [0, 0.1) is 11.8 Å². The summed E-state index contributed by atoms with van der Waals surface area (Å²) >= 11 is 4.92. The van der Waals surface area contributed by atoms with Crippen molar-refractivity contribution in [3.8, 4) is 0 Å². The highest BCUT2D eigenvalue weighted by atomic mass is 32.2. The van der Waals surface area contributed by atoms with E-state index >= 15 is 0 Å². The van der Waals surface area contributed by atoms with E-state index in [9.17, 15) is 52.7 Å². The lowest BCUT2D eigenvalue weighted by Crippen LogP contribution is -2.49. The first-order valence-electron chi connectivity index (χ1n) is 33.7. The molecule has 0 aromatic carbocycles. The number of likely N-dealkylation sites (N-methyl/N-ethyl adjacent to an activating group) is 1. The number of rotatable bonds is 35. The molecular weight excluding hydrogens is 1340 g/mol. The summed E-state index contributed by atoms with van der Waals surface area (Å²) in [6.07, 6.45) is 20.1. The Morgan fingerprint density at radius 3 is 2.03 bits per heavy atom. The summed E-state index contributed by atoms with van der Waals surface area (Å²) in [5.41, 5.74) is -0.601. The van der Waals surface area contributed by atoms with Crippen molar-refractivity contribution < 1.29 is 71.7 Å². The first-order chi connectivity index (χ1) is 45.8. The predicted octanol–water partition coefficient (Wildman–Crippen LogP) is 12.5. The number of nitrogens with one attached hydrogen (secondary N) is 5. The molecular formula is C69H108N8O15S4Si. The Bertz CT molecular complexity index is 3000. The van der Waals surface area contributed by atoms with Crippen LogP contribution in [0.3, 0.4) is 0 Å². The van der Waals surface area contributed by atoms with E-state index in [2.05, 4.69) is 70.0 Å². The fourth-order valence-corrected chi connectivity index (χ4v) is 12.7. The van der Waals surface area contributed by atoms with Gasteiger partial charge in [-0.05, 0) is 90.3 Å². The van der Waals surface area contributed by atoms with Gasteiger partial charge in [-0.25, -0.2) is 24.4 Å². The highest BCUT2D eigenvalue weighted by molar-refractivity contribution is 8.13. The highest BCUT2D eigenvalue weighted by Gasteiger charge is 2.35. The number of cyclic esters (lactones) is 1. The lowest BCUT2D eigenvalue weighted by Gasteiger charge is -2.31. The van der Waals surface area contributed by atoms with E-state index in [4.69, 9.17) is 18.9 Å². The van der Waals surface area contributed by atoms with Crippen molar-refractivity contribution in [2.75, 3.05) is 25.2 Å². The molecule has 2 aromatic heterocycles. The Kier molecular flexibility index (Phi) is 41.7. The summed E-state index contributed by atoms with van der Waals surface area (Å²) < 4.78 is 22.2. The molecule has 2 bridgehead atoms. The Balaban J connectivity index is 0.000000683. The number of alkyl carbamates (subject to hydrolysis) is 1. The van der Waals surface area contributed by atoms with Gasteiger partial charge in [-0.3, -0.25) is 38.4 Å². The molecule has 5 N–H and O–H groups in total. The first kappa shape index (κ1) is 86.6. The zero-order valence-electron chi connectivity index (χ0n) is 59.7. The highest BCUT2D eigenvalue weighted by Crippen LogP contribution is 2.21. The molecule has 0 unspecified atom stereocenters. The molecule has 2 aromatic rings. The molecule has 4 atom stereocenters. The van der Waals surface area contributed by atoms with Crippen LogP contribution in [0.25, 0.3) is 0 Å². The van der Waals surface area contributed by atoms with E-state index in [0.29, 0.717) is 47.2 Å². The van der Waals surface area contributed by atoms with Crippen molar-refractivity contribution in [1.82, 2.24) is 41.5 Å². The number of hydrogen-bond donors (Lipinski definition) is 5. The molecule has 0 saturated carbocycles. The van der Waals surface area contributed by atoms with Gasteiger partial charge < -0.3 is 50.4 Å². The van der Waals surface area contributed by atoms with Crippen LogP contribution in [0.4, 0.5) is 4.79 Å². The Morgan fingerprint density at radius 1 is 0.845 bits per heavy atom. The van der Waals surface area contributed by atoms with E-state index in [1.165, 1.54) is 83.6 Å². The summed E-state index contributed by atoms with van der Waals surface area (Å²) in [5.74, 6) is -4.38. The number of allylic oxidation sites excluding steroid dienone is 4. The molecule has 6 amide bonds. The average Bonchev–Trinajstić information content (AvgIpc) is 1.78. The second-order valence-electron chi connectivity index (χ2n) is 26.1. The van der Waals surface area contributed by atoms with Crippen molar-refractivity contribution in [2.45, 2.75) is 248 Å². The van der Waals surface area contributed by atoms with E-state index in [1.54, 1.807) is 85.9 Å². The van der Waals surface area contributed by atoms with Crippen LogP contribution in [0.2, 0.25) is 25.7 Å². The largest absolute Gasteiger partial charge is 0.466 e. The molecule has 1 aliphatic rings. The van der Waals surface area contributed by atoms with Gasteiger partial charge in [0.1, 0.15) is 62.7 Å². The predicted molar refractivity (Wildman–Crippen MR) is 387 cm³/mol. The third-order valence-electron chi connectivity index (χ3n) is 14.3. The molecule has 0 aliphatic carbocycles. The van der Waals surface area contributed by atoms with Crippen LogP contribution in [-0.2, 0) is 70.4 Å². The van der Waals surface area contributed by atoms with Crippen molar-refractivity contribution in [1.29, 1.82) is 0 Å². The average molecular weight is 1450 g/mol. The summed E-state index contributed by atoms with van der Waals surface area (Å²) in [5, 5.41) is 17.5. The molecule has 23 nitrogen and oxygen atoms in total. The van der Waals surface area contributed by atoms with Gasteiger partial charge in [-0.15, -0.1) is 22.7 Å². The number of esters is 3. The molecule has 0 saturated heterocycles. The third kappa shape index (κ3) is 37.3. The summed E-state index contributed by atoms with van der Waals surface area (Å²) in [7, 11) is 0.0342. The minimum atomic E-state index is -1.44. The number of ether oxygens (including phenoxy) is 4. The second-order valence-corrected chi connectivity index (χ2v) is 35.9. The zero-order chi connectivity index (χ0) is 72.7. The SMILES string of the molecule is C/C=C(\NC(=O)c1csc(CNC(=O)OC(C)(C)C)n1)C(=O)N[C@H](C(=O)O[C@H](/C=C/CCSC(=O)CCCCCCC)CC(=O)OCC[Si](C)(C)C)C(C)C.C/C=C1\NC(=O)c2csc(n2)CNC(=O)C[C@@H](/C=C/CCSC(=O)CCCCCCC)OC(=O)[C@H](C(C)C)N(C)C1=O. The number of nitrogens with zero attached hydrogens (tertiary/aromatic N) is 3. The summed E-state index contributed by atoms with van der Waals surface area (Å²) in [4.78, 5) is 151.